The zero-order valence-electron chi connectivity index (χ0n) is 18.3. The van der Waals surface area contributed by atoms with Gasteiger partial charge in [0, 0.05) is 17.0 Å². The van der Waals surface area contributed by atoms with Crippen molar-refractivity contribution in [2.24, 2.45) is 0 Å². The van der Waals surface area contributed by atoms with E-state index in [4.69, 9.17) is 4.52 Å². The SMILES string of the molecule is CC(C)(C)c1noc(C(C)(C)CCC(C)(C)c2cnn(C(C)(C)C)c2)n1. The molecule has 0 aromatic carbocycles. The molecule has 0 aliphatic heterocycles. The summed E-state index contributed by atoms with van der Waals surface area (Å²) < 4.78 is 7.64. The van der Waals surface area contributed by atoms with Crippen LogP contribution in [-0.2, 0) is 21.8 Å². The Labute approximate surface area is 158 Å². The number of hydrogen-bond acceptors (Lipinski definition) is 4. The van der Waals surface area contributed by atoms with Gasteiger partial charge in [-0.3, -0.25) is 4.68 Å². The zero-order valence-corrected chi connectivity index (χ0v) is 18.3. The largest absolute Gasteiger partial charge is 0.339 e. The van der Waals surface area contributed by atoms with E-state index in [9.17, 15) is 0 Å². The maximum atomic E-state index is 5.60. The van der Waals surface area contributed by atoms with Crippen LogP contribution in [0.3, 0.4) is 0 Å². The first-order chi connectivity index (χ1) is 11.6. The van der Waals surface area contributed by atoms with Crippen molar-refractivity contribution in [2.45, 2.75) is 104 Å². The molecule has 0 aliphatic carbocycles. The second kappa shape index (κ2) is 6.50. The molecule has 2 heterocycles. The minimum absolute atomic E-state index is 0.000710. The van der Waals surface area contributed by atoms with Crippen LogP contribution >= 0.6 is 0 Å². The third-order valence-electron chi connectivity index (χ3n) is 5.10. The minimum atomic E-state index is -0.159. The van der Waals surface area contributed by atoms with Crippen molar-refractivity contribution in [1.29, 1.82) is 0 Å². The fourth-order valence-corrected chi connectivity index (χ4v) is 2.72. The molecular formula is C21H36N4O. The highest BCUT2D eigenvalue weighted by molar-refractivity contribution is 5.18. The topological polar surface area (TPSA) is 56.7 Å². The average Bonchev–Trinajstić information content (AvgIpc) is 3.13. The Morgan fingerprint density at radius 2 is 1.46 bits per heavy atom. The van der Waals surface area contributed by atoms with E-state index < -0.39 is 0 Å². The second-order valence-electron chi connectivity index (χ2n) is 10.8. The summed E-state index contributed by atoms with van der Waals surface area (Å²) in [7, 11) is 0. The Kier molecular flexibility index (Phi) is 5.17. The number of rotatable bonds is 5. The van der Waals surface area contributed by atoms with Crippen LogP contribution in [-0.4, -0.2) is 19.9 Å². The molecular weight excluding hydrogens is 324 g/mol. The standard InChI is InChI=1S/C21H36N4O/c1-18(2,3)16-23-17(26-24-16)21(9,10)12-11-20(7,8)15-13-22-25(14-15)19(4,5)6/h13-14H,11-12H2,1-10H3. The predicted molar refractivity (Wildman–Crippen MR) is 106 cm³/mol. The van der Waals surface area contributed by atoms with Gasteiger partial charge in [0.1, 0.15) is 0 Å². The van der Waals surface area contributed by atoms with Crippen LogP contribution in [0.1, 0.15) is 99.4 Å². The highest BCUT2D eigenvalue weighted by Crippen LogP contribution is 2.36. The monoisotopic (exact) mass is 360 g/mol. The minimum Gasteiger partial charge on any atom is -0.339 e. The van der Waals surface area contributed by atoms with Crippen molar-refractivity contribution in [3.63, 3.8) is 0 Å². The number of hydrogen-bond donors (Lipinski definition) is 0. The van der Waals surface area contributed by atoms with E-state index in [2.05, 4.69) is 90.7 Å². The van der Waals surface area contributed by atoms with Gasteiger partial charge in [-0.25, -0.2) is 0 Å². The molecule has 146 valence electrons. The lowest BCUT2D eigenvalue weighted by Crippen LogP contribution is -2.25. The molecule has 0 radical (unpaired) electrons. The summed E-state index contributed by atoms with van der Waals surface area (Å²) in [4.78, 5) is 4.67. The molecule has 0 N–H and O–H groups in total. The molecule has 0 unspecified atom stereocenters. The van der Waals surface area contributed by atoms with Crippen molar-refractivity contribution in [2.75, 3.05) is 0 Å². The van der Waals surface area contributed by atoms with Crippen LogP contribution in [0, 0.1) is 0 Å². The van der Waals surface area contributed by atoms with Gasteiger partial charge in [0.25, 0.3) is 0 Å². The van der Waals surface area contributed by atoms with Crippen LogP contribution in [0.4, 0.5) is 0 Å². The maximum Gasteiger partial charge on any atom is 0.232 e. The summed E-state index contributed by atoms with van der Waals surface area (Å²) in [6, 6.07) is 0. The quantitative estimate of drug-likeness (QED) is 0.721. The number of nitrogens with zero attached hydrogens (tertiary/aromatic N) is 4. The van der Waals surface area contributed by atoms with Crippen LogP contribution in [0.5, 0.6) is 0 Å². The Morgan fingerprint density at radius 3 is 1.92 bits per heavy atom. The molecule has 0 atom stereocenters. The molecule has 0 saturated carbocycles. The first kappa shape index (κ1) is 20.7. The van der Waals surface area contributed by atoms with Gasteiger partial charge < -0.3 is 4.52 Å². The van der Waals surface area contributed by atoms with Crippen molar-refractivity contribution in [3.05, 3.63) is 29.7 Å². The zero-order chi connectivity index (χ0) is 20.0. The molecule has 5 nitrogen and oxygen atoms in total. The molecule has 0 amide bonds. The van der Waals surface area contributed by atoms with Crippen LogP contribution in [0.2, 0.25) is 0 Å². The molecule has 2 aromatic heterocycles. The molecule has 0 fully saturated rings. The highest BCUT2D eigenvalue weighted by Gasteiger charge is 2.33. The Balaban J connectivity index is 2.12. The highest BCUT2D eigenvalue weighted by atomic mass is 16.5. The lowest BCUT2D eigenvalue weighted by Gasteiger charge is -2.28. The fourth-order valence-electron chi connectivity index (χ4n) is 2.72. The van der Waals surface area contributed by atoms with Gasteiger partial charge in [0.15, 0.2) is 5.82 Å². The van der Waals surface area contributed by atoms with E-state index in [-0.39, 0.29) is 21.8 Å². The molecule has 0 saturated heterocycles. The van der Waals surface area contributed by atoms with Crippen molar-refractivity contribution in [1.82, 2.24) is 19.9 Å². The molecule has 0 aliphatic rings. The molecule has 2 rings (SSSR count). The maximum absolute atomic E-state index is 5.60. The van der Waals surface area contributed by atoms with E-state index in [1.807, 2.05) is 10.9 Å². The van der Waals surface area contributed by atoms with Crippen LogP contribution < -0.4 is 0 Å². The van der Waals surface area contributed by atoms with Gasteiger partial charge >= 0.3 is 0 Å². The summed E-state index contributed by atoms with van der Waals surface area (Å²) in [5, 5.41) is 8.75. The summed E-state index contributed by atoms with van der Waals surface area (Å²) >= 11 is 0. The van der Waals surface area contributed by atoms with Crippen LogP contribution in [0.15, 0.2) is 16.9 Å². The lowest BCUT2D eigenvalue weighted by atomic mass is 9.76. The third kappa shape index (κ3) is 4.54. The predicted octanol–water partition coefficient (Wildman–Crippen LogP) is 5.35. The van der Waals surface area contributed by atoms with Gasteiger partial charge in [-0.2, -0.15) is 10.1 Å². The molecule has 5 heteroatoms. The number of aromatic nitrogens is 4. The molecule has 0 bridgehead atoms. The fraction of sp³-hybridized carbons (Fsp3) is 0.762. The Hall–Kier alpha value is -1.65. The first-order valence-electron chi connectivity index (χ1n) is 9.53. The summed E-state index contributed by atoms with van der Waals surface area (Å²) in [6.07, 6.45) is 6.16. The Bertz CT molecular complexity index is 674. The molecule has 0 spiro atoms. The van der Waals surface area contributed by atoms with Gasteiger partial charge in [0.2, 0.25) is 5.89 Å². The normalized spacial score (nSPS) is 14.1. The Morgan fingerprint density at radius 1 is 0.885 bits per heavy atom. The second-order valence-corrected chi connectivity index (χ2v) is 10.8. The van der Waals surface area contributed by atoms with Crippen molar-refractivity contribution < 1.29 is 4.52 Å². The van der Waals surface area contributed by atoms with Crippen molar-refractivity contribution in [3.8, 4) is 0 Å². The van der Waals surface area contributed by atoms with Gasteiger partial charge in [-0.15, -0.1) is 0 Å². The summed E-state index contributed by atoms with van der Waals surface area (Å²) in [5.74, 6) is 1.50. The summed E-state index contributed by atoms with van der Waals surface area (Å²) in [6.45, 7) is 21.7. The lowest BCUT2D eigenvalue weighted by molar-refractivity contribution is 0.273. The van der Waals surface area contributed by atoms with Gasteiger partial charge in [-0.1, -0.05) is 53.6 Å². The van der Waals surface area contributed by atoms with Crippen molar-refractivity contribution >= 4 is 0 Å². The molecule has 26 heavy (non-hydrogen) atoms. The summed E-state index contributed by atoms with van der Waals surface area (Å²) in [5.41, 5.74) is 1.05. The van der Waals surface area contributed by atoms with E-state index in [1.165, 1.54) is 5.56 Å². The van der Waals surface area contributed by atoms with Gasteiger partial charge in [0.05, 0.1) is 11.7 Å². The van der Waals surface area contributed by atoms with E-state index in [0.29, 0.717) is 0 Å². The van der Waals surface area contributed by atoms with E-state index >= 15 is 0 Å². The first-order valence-corrected chi connectivity index (χ1v) is 9.53. The average molecular weight is 361 g/mol. The van der Waals surface area contributed by atoms with E-state index in [1.54, 1.807) is 0 Å². The van der Waals surface area contributed by atoms with Gasteiger partial charge in [-0.05, 0) is 44.6 Å². The molecule has 2 aromatic rings. The van der Waals surface area contributed by atoms with Crippen LogP contribution in [0.25, 0.3) is 0 Å². The smallest absolute Gasteiger partial charge is 0.232 e. The van der Waals surface area contributed by atoms with E-state index in [0.717, 1.165) is 24.6 Å². The third-order valence-corrected chi connectivity index (χ3v) is 5.10.